The molecule has 0 spiro atoms. The maximum absolute atomic E-state index is 9.71. The zero-order valence-corrected chi connectivity index (χ0v) is 8.80. The topological polar surface area (TPSA) is 20.2 Å². The number of halogens is 1. The van der Waals surface area contributed by atoms with Crippen LogP contribution in [0.5, 0.6) is 0 Å². The monoisotopic (exact) mass is 198 g/mol. The van der Waals surface area contributed by atoms with Crippen molar-refractivity contribution in [3.8, 4) is 0 Å². The summed E-state index contributed by atoms with van der Waals surface area (Å²) >= 11 is 5.57. The smallest absolute Gasteiger partial charge is 0.0804 e. The molecule has 1 unspecified atom stereocenters. The van der Waals surface area contributed by atoms with Crippen LogP contribution in [0.2, 0.25) is 0 Å². The minimum Gasteiger partial charge on any atom is -0.388 e. The Labute approximate surface area is 84.4 Å². The fourth-order valence-electron chi connectivity index (χ4n) is 1.46. The summed E-state index contributed by atoms with van der Waals surface area (Å²) in [7, 11) is 0. The lowest BCUT2D eigenvalue weighted by Crippen LogP contribution is -2.00. The summed E-state index contributed by atoms with van der Waals surface area (Å²) in [4.78, 5) is 0. The van der Waals surface area contributed by atoms with Gasteiger partial charge in [0, 0.05) is 5.88 Å². The number of aryl methyl sites for hydroxylation is 2. The van der Waals surface area contributed by atoms with Crippen LogP contribution in [0.1, 0.15) is 29.2 Å². The number of alkyl halides is 1. The summed E-state index contributed by atoms with van der Waals surface area (Å²) < 4.78 is 0. The molecule has 0 aliphatic carbocycles. The number of hydrogen-bond donors (Lipinski definition) is 1. The lowest BCUT2D eigenvalue weighted by Gasteiger charge is -2.12. The molecule has 0 aromatic heterocycles. The average Bonchev–Trinajstić information content (AvgIpc) is 2.04. The Morgan fingerprint density at radius 2 is 2.08 bits per heavy atom. The molecule has 0 amide bonds. The van der Waals surface area contributed by atoms with Gasteiger partial charge in [0.15, 0.2) is 0 Å². The molecule has 13 heavy (non-hydrogen) atoms. The molecule has 0 aliphatic rings. The Hall–Kier alpha value is -0.530. The molecule has 0 radical (unpaired) electrons. The number of aliphatic hydroxyl groups is 1. The van der Waals surface area contributed by atoms with Crippen molar-refractivity contribution in [3.63, 3.8) is 0 Å². The van der Waals surface area contributed by atoms with Crippen molar-refractivity contribution in [1.29, 1.82) is 0 Å². The predicted molar refractivity (Wildman–Crippen MR) is 56.2 cm³/mol. The summed E-state index contributed by atoms with van der Waals surface area (Å²) in [5.74, 6) is 0.495. The van der Waals surface area contributed by atoms with Crippen LogP contribution in [0, 0.1) is 13.8 Å². The van der Waals surface area contributed by atoms with Crippen molar-refractivity contribution >= 4 is 11.6 Å². The Morgan fingerprint density at radius 1 is 1.38 bits per heavy atom. The fourth-order valence-corrected chi connectivity index (χ4v) is 1.67. The zero-order chi connectivity index (χ0) is 9.84. The van der Waals surface area contributed by atoms with Gasteiger partial charge >= 0.3 is 0 Å². The van der Waals surface area contributed by atoms with E-state index in [4.69, 9.17) is 11.6 Å². The van der Waals surface area contributed by atoms with Crippen molar-refractivity contribution in [2.24, 2.45) is 0 Å². The second kappa shape index (κ2) is 4.64. The van der Waals surface area contributed by atoms with Gasteiger partial charge in [0.25, 0.3) is 0 Å². The maximum atomic E-state index is 9.71. The number of hydrogen-bond acceptors (Lipinski definition) is 1. The van der Waals surface area contributed by atoms with Crippen LogP contribution in [-0.2, 0) is 0 Å². The molecular formula is C11H15ClO. The van der Waals surface area contributed by atoms with Gasteiger partial charge in [-0.2, -0.15) is 0 Å². The van der Waals surface area contributed by atoms with E-state index < -0.39 is 6.10 Å². The van der Waals surface area contributed by atoms with E-state index in [1.54, 1.807) is 0 Å². The van der Waals surface area contributed by atoms with Gasteiger partial charge in [-0.3, -0.25) is 0 Å². The number of aliphatic hydroxyl groups excluding tert-OH is 1. The second-order valence-electron chi connectivity index (χ2n) is 3.35. The lowest BCUT2D eigenvalue weighted by atomic mass is 10.00. The van der Waals surface area contributed by atoms with Gasteiger partial charge in [-0.1, -0.05) is 23.8 Å². The molecule has 72 valence electrons. The quantitative estimate of drug-likeness (QED) is 0.741. The standard InChI is InChI=1S/C11H15ClO/c1-8-3-4-10(9(2)7-8)11(13)5-6-12/h3-4,7,11,13H,5-6H2,1-2H3. The van der Waals surface area contributed by atoms with Gasteiger partial charge in [-0.15, -0.1) is 11.6 Å². The van der Waals surface area contributed by atoms with Crippen LogP contribution in [-0.4, -0.2) is 11.0 Å². The Morgan fingerprint density at radius 3 is 2.62 bits per heavy atom. The first kappa shape index (κ1) is 10.6. The van der Waals surface area contributed by atoms with E-state index in [2.05, 4.69) is 6.07 Å². The molecule has 1 aromatic carbocycles. The number of benzene rings is 1. The Balaban J connectivity index is 2.88. The lowest BCUT2D eigenvalue weighted by molar-refractivity contribution is 0.174. The maximum Gasteiger partial charge on any atom is 0.0804 e. The van der Waals surface area contributed by atoms with Crippen molar-refractivity contribution in [3.05, 3.63) is 34.9 Å². The molecular weight excluding hydrogens is 184 g/mol. The second-order valence-corrected chi connectivity index (χ2v) is 3.73. The van der Waals surface area contributed by atoms with Crippen molar-refractivity contribution in [2.45, 2.75) is 26.4 Å². The fraction of sp³-hybridized carbons (Fsp3) is 0.455. The van der Waals surface area contributed by atoms with E-state index in [0.717, 1.165) is 11.1 Å². The van der Waals surface area contributed by atoms with Gasteiger partial charge in [-0.25, -0.2) is 0 Å². The molecule has 0 bridgehead atoms. The van der Waals surface area contributed by atoms with Crippen LogP contribution >= 0.6 is 11.6 Å². The van der Waals surface area contributed by atoms with Crippen LogP contribution in [0.15, 0.2) is 18.2 Å². The van der Waals surface area contributed by atoms with E-state index in [0.29, 0.717) is 12.3 Å². The number of rotatable bonds is 3. The highest BCUT2D eigenvalue weighted by atomic mass is 35.5. The third kappa shape index (κ3) is 2.71. The van der Waals surface area contributed by atoms with Crippen molar-refractivity contribution in [1.82, 2.24) is 0 Å². The van der Waals surface area contributed by atoms with Crippen LogP contribution in [0.25, 0.3) is 0 Å². The molecule has 0 saturated carbocycles. The highest BCUT2D eigenvalue weighted by Gasteiger charge is 2.08. The molecule has 2 heteroatoms. The van der Waals surface area contributed by atoms with Gasteiger partial charge < -0.3 is 5.11 Å². The van der Waals surface area contributed by atoms with E-state index >= 15 is 0 Å². The predicted octanol–water partition coefficient (Wildman–Crippen LogP) is 2.97. The normalized spacial score (nSPS) is 12.9. The van der Waals surface area contributed by atoms with Crippen molar-refractivity contribution in [2.75, 3.05) is 5.88 Å². The third-order valence-corrected chi connectivity index (χ3v) is 2.39. The Kier molecular flexibility index (Phi) is 3.76. The summed E-state index contributed by atoms with van der Waals surface area (Å²) in [6.45, 7) is 4.06. The average molecular weight is 199 g/mol. The van der Waals surface area contributed by atoms with Crippen molar-refractivity contribution < 1.29 is 5.11 Å². The van der Waals surface area contributed by atoms with Gasteiger partial charge in [-0.05, 0) is 31.4 Å². The first-order valence-corrected chi connectivity index (χ1v) is 4.99. The third-order valence-electron chi connectivity index (χ3n) is 2.17. The minimum atomic E-state index is -0.418. The van der Waals surface area contributed by atoms with Gasteiger partial charge in [0.2, 0.25) is 0 Å². The summed E-state index contributed by atoms with van der Waals surface area (Å²) in [6, 6.07) is 6.06. The summed E-state index contributed by atoms with van der Waals surface area (Å²) in [6.07, 6.45) is 0.198. The minimum absolute atomic E-state index is 0.418. The van der Waals surface area contributed by atoms with Gasteiger partial charge in [0.1, 0.15) is 0 Å². The first-order valence-electron chi connectivity index (χ1n) is 4.46. The summed E-state index contributed by atoms with van der Waals surface area (Å²) in [5.41, 5.74) is 3.35. The van der Waals surface area contributed by atoms with E-state index in [-0.39, 0.29) is 0 Å². The van der Waals surface area contributed by atoms with Gasteiger partial charge in [0.05, 0.1) is 6.10 Å². The molecule has 1 rings (SSSR count). The van der Waals surface area contributed by atoms with E-state index in [1.807, 2.05) is 26.0 Å². The highest BCUT2D eigenvalue weighted by Crippen LogP contribution is 2.21. The molecule has 1 aromatic rings. The molecule has 0 heterocycles. The zero-order valence-electron chi connectivity index (χ0n) is 8.05. The molecule has 1 atom stereocenters. The van der Waals surface area contributed by atoms with E-state index in [1.165, 1.54) is 5.56 Å². The first-order chi connectivity index (χ1) is 6.15. The molecule has 1 N–H and O–H groups in total. The SMILES string of the molecule is Cc1ccc(C(O)CCCl)c(C)c1. The highest BCUT2D eigenvalue weighted by molar-refractivity contribution is 6.17. The van der Waals surface area contributed by atoms with Crippen LogP contribution in [0.4, 0.5) is 0 Å². The van der Waals surface area contributed by atoms with Crippen LogP contribution in [0.3, 0.4) is 0 Å². The van der Waals surface area contributed by atoms with Crippen LogP contribution < -0.4 is 0 Å². The molecule has 1 nitrogen and oxygen atoms in total. The molecule has 0 fully saturated rings. The van der Waals surface area contributed by atoms with E-state index in [9.17, 15) is 5.11 Å². The molecule has 0 aliphatic heterocycles. The summed E-state index contributed by atoms with van der Waals surface area (Å²) in [5, 5.41) is 9.71. The Bertz CT molecular complexity index is 283. The largest absolute Gasteiger partial charge is 0.388 e. The molecule has 0 saturated heterocycles.